The minimum absolute atomic E-state index is 0.397. The van der Waals surface area contributed by atoms with Crippen LogP contribution in [-0.2, 0) is 17.7 Å². The molecule has 29 heavy (non-hydrogen) atoms. The molecule has 1 heterocycles. The van der Waals surface area contributed by atoms with Gasteiger partial charge in [0.1, 0.15) is 5.60 Å². The molecular formula is C24H37N3O2. The van der Waals surface area contributed by atoms with Gasteiger partial charge in [-0.2, -0.15) is 0 Å². The number of benzene rings is 1. The predicted molar refractivity (Wildman–Crippen MR) is 120 cm³/mol. The number of ether oxygens (including phenoxy) is 1. The van der Waals surface area contributed by atoms with E-state index in [1.807, 2.05) is 32.9 Å². The first-order valence-corrected chi connectivity index (χ1v) is 10.9. The van der Waals surface area contributed by atoms with Crippen LogP contribution < -0.4 is 5.32 Å². The maximum absolute atomic E-state index is 11.8. The summed E-state index contributed by atoms with van der Waals surface area (Å²) in [5.41, 5.74) is 2.69. The Morgan fingerprint density at radius 3 is 2.45 bits per heavy atom. The van der Waals surface area contributed by atoms with E-state index in [1.54, 1.807) is 0 Å². The highest BCUT2D eigenvalue weighted by Crippen LogP contribution is 2.16. The molecule has 2 aromatic rings. The molecule has 0 fully saturated rings. The minimum Gasteiger partial charge on any atom is -0.444 e. The van der Waals surface area contributed by atoms with E-state index in [2.05, 4.69) is 42.3 Å². The first kappa shape index (κ1) is 23.1. The van der Waals surface area contributed by atoms with Crippen molar-refractivity contribution in [3.63, 3.8) is 0 Å². The quantitative estimate of drug-likeness (QED) is 0.588. The van der Waals surface area contributed by atoms with Crippen LogP contribution in [0, 0.1) is 0 Å². The lowest BCUT2D eigenvalue weighted by molar-refractivity contribution is 0.0523. The first-order valence-electron chi connectivity index (χ1n) is 10.9. The molecule has 0 radical (unpaired) electrons. The van der Waals surface area contributed by atoms with E-state index in [1.165, 1.54) is 25.9 Å². The van der Waals surface area contributed by atoms with Gasteiger partial charge in [0.05, 0.1) is 5.52 Å². The Morgan fingerprint density at radius 1 is 1.07 bits per heavy atom. The lowest BCUT2D eigenvalue weighted by atomic mass is 10.1. The number of fused-ring (bicyclic) bond motifs is 1. The van der Waals surface area contributed by atoms with Gasteiger partial charge in [0.15, 0.2) is 0 Å². The topological polar surface area (TPSA) is 54.5 Å². The molecule has 1 aromatic carbocycles. The third-order valence-corrected chi connectivity index (χ3v) is 4.63. The monoisotopic (exact) mass is 399 g/mol. The molecule has 0 bridgehead atoms. The summed E-state index contributed by atoms with van der Waals surface area (Å²) in [6.45, 7) is 14.0. The van der Waals surface area contributed by atoms with Crippen molar-refractivity contribution < 1.29 is 9.53 Å². The van der Waals surface area contributed by atoms with E-state index in [9.17, 15) is 4.79 Å². The molecular weight excluding hydrogens is 362 g/mol. The maximum Gasteiger partial charge on any atom is 0.407 e. The van der Waals surface area contributed by atoms with Gasteiger partial charge in [0, 0.05) is 17.6 Å². The molecule has 0 atom stereocenters. The van der Waals surface area contributed by atoms with Gasteiger partial charge in [-0.3, -0.25) is 4.98 Å². The zero-order valence-corrected chi connectivity index (χ0v) is 18.8. The molecule has 0 aliphatic heterocycles. The predicted octanol–water partition coefficient (Wildman–Crippen LogP) is 5.31. The van der Waals surface area contributed by atoms with Gasteiger partial charge in [-0.15, -0.1) is 0 Å². The standard InChI is InChI=1S/C24H37N3O2/c1-6-14-27(15-7-2)16-8-9-21-12-11-20-17-19(10-13-22(20)26-21)18-25-23(28)29-24(3,4)5/h10-13,17H,6-9,14-16,18H2,1-5H3,(H,25,28). The second-order valence-corrected chi connectivity index (χ2v) is 8.63. The van der Waals surface area contributed by atoms with Crippen LogP contribution in [0.4, 0.5) is 4.79 Å². The van der Waals surface area contributed by atoms with Crippen LogP contribution in [0.1, 0.15) is 65.1 Å². The third-order valence-electron chi connectivity index (χ3n) is 4.63. The number of hydrogen-bond donors (Lipinski definition) is 1. The zero-order chi connectivity index (χ0) is 21.3. The molecule has 0 aliphatic rings. The van der Waals surface area contributed by atoms with Crippen molar-refractivity contribution >= 4 is 17.0 Å². The number of rotatable bonds is 10. The van der Waals surface area contributed by atoms with Crippen molar-refractivity contribution in [1.82, 2.24) is 15.2 Å². The molecule has 160 valence electrons. The number of carbonyl (C=O) groups excluding carboxylic acids is 1. The number of hydrogen-bond acceptors (Lipinski definition) is 4. The second kappa shape index (κ2) is 11.1. The number of aromatic nitrogens is 1. The van der Waals surface area contributed by atoms with Crippen LogP contribution in [0.2, 0.25) is 0 Å². The fraction of sp³-hybridized carbons (Fsp3) is 0.583. The smallest absolute Gasteiger partial charge is 0.407 e. The molecule has 0 saturated heterocycles. The van der Waals surface area contributed by atoms with E-state index in [0.717, 1.165) is 41.5 Å². The van der Waals surface area contributed by atoms with Gasteiger partial charge in [-0.25, -0.2) is 4.79 Å². The zero-order valence-electron chi connectivity index (χ0n) is 18.8. The van der Waals surface area contributed by atoms with Crippen LogP contribution in [0.25, 0.3) is 10.9 Å². The number of nitrogens with one attached hydrogen (secondary N) is 1. The number of alkyl carbamates (subject to hydrolysis) is 1. The van der Waals surface area contributed by atoms with Crippen molar-refractivity contribution in [2.45, 2.75) is 72.4 Å². The van der Waals surface area contributed by atoms with Crippen molar-refractivity contribution in [3.05, 3.63) is 41.6 Å². The second-order valence-electron chi connectivity index (χ2n) is 8.63. The first-order chi connectivity index (χ1) is 13.8. The summed E-state index contributed by atoms with van der Waals surface area (Å²) < 4.78 is 5.28. The van der Waals surface area contributed by atoms with Gasteiger partial charge in [-0.05, 0) is 89.9 Å². The minimum atomic E-state index is -0.488. The Kier molecular flexibility index (Phi) is 8.90. The Bertz CT molecular complexity index is 777. The highest BCUT2D eigenvalue weighted by Gasteiger charge is 2.15. The summed E-state index contributed by atoms with van der Waals surface area (Å²) in [6, 6.07) is 10.4. The number of nitrogens with zero attached hydrogens (tertiary/aromatic N) is 2. The van der Waals surface area contributed by atoms with Gasteiger partial charge in [0.2, 0.25) is 0 Å². The normalized spacial score (nSPS) is 11.8. The van der Waals surface area contributed by atoms with Gasteiger partial charge >= 0.3 is 6.09 Å². The Morgan fingerprint density at radius 2 is 1.79 bits per heavy atom. The van der Waals surface area contributed by atoms with Crippen LogP contribution in [-0.4, -0.2) is 41.2 Å². The molecule has 0 unspecified atom stereocenters. The van der Waals surface area contributed by atoms with E-state index >= 15 is 0 Å². The van der Waals surface area contributed by atoms with Crippen LogP contribution in [0.3, 0.4) is 0 Å². The molecule has 5 nitrogen and oxygen atoms in total. The van der Waals surface area contributed by atoms with Crippen LogP contribution >= 0.6 is 0 Å². The molecule has 1 amide bonds. The molecule has 1 N–H and O–H groups in total. The highest BCUT2D eigenvalue weighted by molar-refractivity contribution is 5.79. The summed E-state index contributed by atoms with van der Waals surface area (Å²) in [5.74, 6) is 0. The van der Waals surface area contributed by atoms with Crippen molar-refractivity contribution in [2.75, 3.05) is 19.6 Å². The number of aryl methyl sites for hydroxylation is 1. The third kappa shape index (κ3) is 8.40. The van der Waals surface area contributed by atoms with Gasteiger partial charge in [-0.1, -0.05) is 26.0 Å². The molecule has 2 rings (SSSR count). The van der Waals surface area contributed by atoms with Crippen molar-refractivity contribution in [1.29, 1.82) is 0 Å². The van der Waals surface area contributed by atoms with E-state index in [0.29, 0.717) is 6.54 Å². The molecule has 1 aromatic heterocycles. The fourth-order valence-electron chi connectivity index (χ4n) is 3.41. The summed E-state index contributed by atoms with van der Waals surface area (Å²) in [4.78, 5) is 19.2. The van der Waals surface area contributed by atoms with Crippen molar-refractivity contribution in [3.8, 4) is 0 Å². The average molecular weight is 400 g/mol. The Hall–Kier alpha value is -2.14. The van der Waals surface area contributed by atoms with E-state index < -0.39 is 11.7 Å². The van der Waals surface area contributed by atoms with Gasteiger partial charge in [0.25, 0.3) is 0 Å². The lowest BCUT2D eigenvalue weighted by Gasteiger charge is -2.20. The number of amides is 1. The van der Waals surface area contributed by atoms with Crippen LogP contribution in [0.5, 0.6) is 0 Å². The maximum atomic E-state index is 11.8. The average Bonchev–Trinajstić information content (AvgIpc) is 2.65. The largest absolute Gasteiger partial charge is 0.444 e. The summed E-state index contributed by atoms with van der Waals surface area (Å²) in [5, 5.41) is 3.90. The van der Waals surface area contributed by atoms with E-state index in [4.69, 9.17) is 9.72 Å². The van der Waals surface area contributed by atoms with Crippen molar-refractivity contribution in [2.24, 2.45) is 0 Å². The number of pyridine rings is 1. The SMILES string of the molecule is CCCN(CCC)CCCc1ccc2cc(CNC(=O)OC(C)(C)C)ccc2n1. The Labute approximate surface area is 175 Å². The molecule has 0 saturated carbocycles. The molecule has 0 spiro atoms. The summed E-state index contributed by atoms with van der Waals surface area (Å²) in [7, 11) is 0. The van der Waals surface area contributed by atoms with Crippen LogP contribution in [0.15, 0.2) is 30.3 Å². The lowest BCUT2D eigenvalue weighted by Crippen LogP contribution is -2.32. The molecule has 5 heteroatoms. The number of carbonyl (C=O) groups is 1. The van der Waals surface area contributed by atoms with Gasteiger partial charge < -0.3 is 15.0 Å². The van der Waals surface area contributed by atoms with E-state index in [-0.39, 0.29) is 0 Å². The molecule has 0 aliphatic carbocycles. The summed E-state index contributed by atoms with van der Waals surface area (Å²) >= 11 is 0. The Balaban J connectivity index is 1.90. The summed E-state index contributed by atoms with van der Waals surface area (Å²) in [6.07, 6.45) is 4.16. The fourth-order valence-corrected chi connectivity index (χ4v) is 3.41. The highest BCUT2D eigenvalue weighted by atomic mass is 16.6.